The molecular weight excluding hydrogens is 501 g/mol. The van der Waals surface area contributed by atoms with Crippen molar-refractivity contribution >= 4 is 17.8 Å². The summed E-state index contributed by atoms with van der Waals surface area (Å²) < 4.78 is 37.2. The van der Waals surface area contributed by atoms with Crippen LogP contribution in [0, 0.1) is 6.92 Å². The van der Waals surface area contributed by atoms with E-state index in [1.807, 2.05) is 41.4 Å². The van der Waals surface area contributed by atoms with Crippen LogP contribution in [0.4, 0.5) is 19.1 Å². The Kier molecular flexibility index (Phi) is 8.26. The lowest BCUT2D eigenvalue weighted by molar-refractivity contribution is -0.192. The quantitative estimate of drug-likeness (QED) is 0.549. The maximum atomic E-state index is 13.3. The number of morpholine rings is 1. The van der Waals surface area contributed by atoms with Gasteiger partial charge in [-0.15, -0.1) is 0 Å². The number of halogens is 3. The number of aryl methyl sites for hydroxylation is 1. The first kappa shape index (κ1) is 27.1. The molecule has 1 N–H and O–H groups in total. The molecule has 1 aromatic heterocycles. The van der Waals surface area contributed by atoms with Crippen LogP contribution in [0.25, 0.3) is 11.3 Å². The van der Waals surface area contributed by atoms with Crippen LogP contribution in [0.1, 0.15) is 22.3 Å². The zero-order valence-corrected chi connectivity index (χ0v) is 20.7. The summed E-state index contributed by atoms with van der Waals surface area (Å²) in [5.74, 6) is -1.90. The van der Waals surface area contributed by atoms with Gasteiger partial charge in [0, 0.05) is 43.5 Å². The molecule has 8 nitrogen and oxygen atoms in total. The molecule has 0 spiro atoms. The Morgan fingerprint density at radius 1 is 1.00 bits per heavy atom. The summed E-state index contributed by atoms with van der Waals surface area (Å²) in [5.41, 5.74) is 6.33. The van der Waals surface area contributed by atoms with Gasteiger partial charge in [0.25, 0.3) is 0 Å². The minimum Gasteiger partial charge on any atom is -0.475 e. The van der Waals surface area contributed by atoms with Gasteiger partial charge in [-0.25, -0.2) is 14.8 Å². The van der Waals surface area contributed by atoms with Crippen molar-refractivity contribution in [1.29, 1.82) is 0 Å². The number of ether oxygens (including phenoxy) is 1. The highest BCUT2D eigenvalue weighted by Crippen LogP contribution is 2.32. The fourth-order valence-corrected chi connectivity index (χ4v) is 4.28. The van der Waals surface area contributed by atoms with Crippen LogP contribution in [0.3, 0.4) is 0 Å². The Morgan fingerprint density at radius 2 is 1.63 bits per heavy atom. The van der Waals surface area contributed by atoms with Crippen LogP contribution >= 0.6 is 0 Å². The number of hydrogen-bond donors (Lipinski definition) is 1. The molecule has 5 rings (SSSR count). The second kappa shape index (κ2) is 11.6. The molecule has 0 saturated carbocycles. The summed E-state index contributed by atoms with van der Waals surface area (Å²) >= 11 is 0. The van der Waals surface area contributed by atoms with E-state index in [0.717, 1.165) is 52.5 Å². The number of carbonyl (C=O) groups excluding carboxylic acids is 1. The first-order chi connectivity index (χ1) is 18.1. The molecule has 3 heterocycles. The van der Waals surface area contributed by atoms with Crippen molar-refractivity contribution < 1.29 is 32.6 Å². The fourth-order valence-electron chi connectivity index (χ4n) is 4.28. The van der Waals surface area contributed by atoms with Crippen molar-refractivity contribution in [3.63, 3.8) is 0 Å². The van der Waals surface area contributed by atoms with Crippen LogP contribution in [0.15, 0.2) is 54.7 Å². The SMILES string of the molecule is Cc1ccccc1CC(=O)N1Cc2ccccc2-c2nc(N3CCOCC3)ncc2C1.O=C(O)C(F)(F)F. The molecule has 0 unspecified atom stereocenters. The molecule has 1 saturated heterocycles. The number of nitrogens with zero attached hydrogens (tertiary/aromatic N) is 4. The number of amides is 1. The summed E-state index contributed by atoms with van der Waals surface area (Å²) in [4.78, 5) is 35.9. The molecule has 200 valence electrons. The van der Waals surface area contributed by atoms with Gasteiger partial charge in [-0.05, 0) is 23.6 Å². The number of carboxylic acid groups (broad SMARTS) is 1. The molecule has 1 amide bonds. The topological polar surface area (TPSA) is 95.9 Å². The van der Waals surface area contributed by atoms with E-state index < -0.39 is 12.1 Å². The molecule has 0 aliphatic carbocycles. The van der Waals surface area contributed by atoms with Crippen LogP contribution in [0.5, 0.6) is 0 Å². The molecule has 0 radical (unpaired) electrons. The monoisotopic (exact) mass is 528 g/mol. The maximum absolute atomic E-state index is 13.3. The average molecular weight is 529 g/mol. The van der Waals surface area contributed by atoms with Crippen molar-refractivity contribution in [2.75, 3.05) is 31.2 Å². The predicted octanol–water partition coefficient (Wildman–Crippen LogP) is 4.01. The Hall–Kier alpha value is -3.99. The summed E-state index contributed by atoms with van der Waals surface area (Å²) in [6.07, 6.45) is -2.79. The van der Waals surface area contributed by atoms with Gasteiger partial charge in [0.05, 0.1) is 25.3 Å². The van der Waals surface area contributed by atoms with Crippen molar-refractivity contribution in [3.05, 3.63) is 77.0 Å². The number of rotatable bonds is 3. The number of benzene rings is 2. The Bertz CT molecular complexity index is 1310. The highest BCUT2D eigenvalue weighted by molar-refractivity contribution is 5.81. The molecule has 38 heavy (non-hydrogen) atoms. The molecule has 3 aromatic rings. The molecule has 0 bridgehead atoms. The molecule has 0 atom stereocenters. The number of alkyl halides is 3. The standard InChI is InChI=1S/C25H26N4O2.C2HF3O2/c1-18-6-2-3-7-19(18)14-23(30)29-16-20-8-4-5-9-22(20)24-21(17-29)15-26-25(27-24)28-10-12-31-13-11-28;3-2(4,5)1(6)7/h2-9,15H,10-14,16-17H2,1H3;(H,6,7). The number of anilines is 1. The van der Waals surface area contributed by atoms with Gasteiger partial charge in [0.15, 0.2) is 0 Å². The molecule has 2 aromatic carbocycles. The fraction of sp³-hybridized carbons (Fsp3) is 0.333. The lowest BCUT2D eigenvalue weighted by Gasteiger charge is -2.27. The average Bonchev–Trinajstić information content (AvgIpc) is 3.07. The van der Waals surface area contributed by atoms with Gasteiger partial charge in [0.2, 0.25) is 11.9 Å². The third-order valence-corrected chi connectivity index (χ3v) is 6.34. The van der Waals surface area contributed by atoms with Crippen LogP contribution in [-0.2, 0) is 33.8 Å². The summed E-state index contributed by atoms with van der Waals surface area (Å²) in [6, 6.07) is 16.3. The van der Waals surface area contributed by atoms with Crippen molar-refractivity contribution in [3.8, 4) is 11.3 Å². The van der Waals surface area contributed by atoms with Crippen LogP contribution in [0.2, 0.25) is 0 Å². The van der Waals surface area contributed by atoms with Crippen molar-refractivity contribution in [2.24, 2.45) is 0 Å². The number of hydrogen-bond acceptors (Lipinski definition) is 6. The van der Waals surface area contributed by atoms with Crippen LogP contribution in [-0.4, -0.2) is 64.3 Å². The number of aliphatic carboxylic acids is 1. The van der Waals surface area contributed by atoms with E-state index in [0.29, 0.717) is 32.7 Å². The van der Waals surface area contributed by atoms with Gasteiger partial charge >= 0.3 is 12.1 Å². The largest absolute Gasteiger partial charge is 0.490 e. The molecule has 2 aliphatic heterocycles. The van der Waals surface area contributed by atoms with Gasteiger partial charge in [-0.2, -0.15) is 13.2 Å². The highest BCUT2D eigenvalue weighted by atomic mass is 19.4. The Morgan fingerprint density at radius 3 is 2.32 bits per heavy atom. The summed E-state index contributed by atoms with van der Waals surface area (Å²) in [6.45, 7) is 6.11. The van der Waals surface area contributed by atoms with Crippen LogP contribution < -0.4 is 4.90 Å². The summed E-state index contributed by atoms with van der Waals surface area (Å²) in [5, 5.41) is 7.12. The number of carboxylic acids is 1. The Balaban J connectivity index is 0.000000426. The number of aromatic nitrogens is 2. The van der Waals surface area contributed by atoms with E-state index in [9.17, 15) is 18.0 Å². The summed E-state index contributed by atoms with van der Waals surface area (Å²) in [7, 11) is 0. The lowest BCUT2D eigenvalue weighted by Crippen LogP contribution is -2.37. The number of fused-ring (bicyclic) bond motifs is 3. The van der Waals surface area contributed by atoms with E-state index in [2.05, 4.69) is 35.0 Å². The highest BCUT2D eigenvalue weighted by Gasteiger charge is 2.38. The Labute approximate surface area is 217 Å². The molecule has 11 heteroatoms. The predicted molar refractivity (Wildman–Crippen MR) is 133 cm³/mol. The normalized spacial score (nSPS) is 14.9. The first-order valence-electron chi connectivity index (χ1n) is 12.0. The smallest absolute Gasteiger partial charge is 0.475 e. The third kappa shape index (κ3) is 6.46. The van der Waals surface area contributed by atoms with Gasteiger partial charge in [0.1, 0.15) is 0 Å². The van der Waals surface area contributed by atoms with Gasteiger partial charge < -0.3 is 19.6 Å². The zero-order valence-electron chi connectivity index (χ0n) is 20.7. The lowest BCUT2D eigenvalue weighted by atomic mass is 10.0. The van der Waals surface area contributed by atoms with E-state index >= 15 is 0 Å². The number of carbonyl (C=O) groups is 2. The first-order valence-corrected chi connectivity index (χ1v) is 12.0. The van der Waals surface area contributed by atoms with E-state index in [1.54, 1.807) is 0 Å². The van der Waals surface area contributed by atoms with E-state index in [4.69, 9.17) is 19.6 Å². The van der Waals surface area contributed by atoms with Crippen molar-refractivity contribution in [1.82, 2.24) is 14.9 Å². The molecule has 2 aliphatic rings. The van der Waals surface area contributed by atoms with E-state index in [1.165, 1.54) is 0 Å². The maximum Gasteiger partial charge on any atom is 0.490 e. The zero-order chi connectivity index (χ0) is 27.3. The second-order valence-corrected chi connectivity index (χ2v) is 8.96. The van der Waals surface area contributed by atoms with Gasteiger partial charge in [-0.1, -0.05) is 48.5 Å². The molecular formula is C27H27F3N4O4. The van der Waals surface area contributed by atoms with Crippen molar-refractivity contribution in [2.45, 2.75) is 32.6 Å². The minimum absolute atomic E-state index is 0.120. The van der Waals surface area contributed by atoms with Gasteiger partial charge in [-0.3, -0.25) is 4.79 Å². The van der Waals surface area contributed by atoms with E-state index in [-0.39, 0.29) is 5.91 Å². The minimum atomic E-state index is -5.08. The third-order valence-electron chi connectivity index (χ3n) is 6.34. The molecule has 1 fully saturated rings. The second-order valence-electron chi connectivity index (χ2n) is 8.96.